The first-order valence-corrected chi connectivity index (χ1v) is 10.4. The Kier molecular flexibility index (Phi) is 6.15. The average Bonchev–Trinajstić information content (AvgIpc) is 2.74. The van der Waals surface area contributed by atoms with E-state index < -0.39 is 0 Å². The van der Waals surface area contributed by atoms with Crippen LogP contribution in [0.4, 0.5) is 11.4 Å². The highest BCUT2D eigenvalue weighted by Gasteiger charge is 2.26. The molecule has 1 saturated heterocycles. The number of hydrogen-bond donors (Lipinski definition) is 1. The maximum Gasteiger partial charge on any atom is 0.106 e. The molecule has 2 heterocycles. The molecule has 0 radical (unpaired) electrons. The Labute approximate surface area is 168 Å². The van der Waals surface area contributed by atoms with Gasteiger partial charge in [0.1, 0.15) is 6.17 Å². The summed E-state index contributed by atoms with van der Waals surface area (Å²) in [5.41, 5.74) is 5.20. The van der Waals surface area contributed by atoms with Crippen molar-refractivity contribution in [2.75, 3.05) is 63.7 Å². The molecule has 0 amide bonds. The van der Waals surface area contributed by atoms with Gasteiger partial charge in [0.2, 0.25) is 0 Å². The summed E-state index contributed by atoms with van der Waals surface area (Å²) in [6, 6.07) is 17.6. The lowest BCUT2D eigenvalue weighted by Gasteiger charge is -2.39. The van der Waals surface area contributed by atoms with E-state index >= 15 is 0 Å². The second-order valence-corrected chi connectivity index (χ2v) is 7.97. The summed E-state index contributed by atoms with van der Waals surface area (Å²) in [5.74, 6) is 0. The number of fused-ring (bicyclic) bond motifs is 1. The first-order valence-electron chi connectivity index (χ1n) is 10.4. The van der Waals surface area contributed by atoms with Crippen molar-refractivity contribution in [3.8, 4) is 0 Å². The van der Waals surface area contributed by atoms with Crippen molar-refractivity contribution in [2.24, 2.45) is 0 Å². The number of nitrogens with one attached hydrogen (secondary N) is 1. The number of anilines is 2. The van der Waals surface area contributed by atoms with Crippen LogP contribution < -0.4 is 10.2 Å². The van der Waals surface area contributed by atoms with E-state index in [1.807, 2.05) is 0 Å². The lowest BCUT2D eigenvalue weighted by Crippen LogP contribution is -2.41. The standard InChI is InChI=1S/C23H32N4O/c1-25(2)21-10-8-19(9-11-21)23-24-22-7-4-3-6-20(22)18-27(23)13-5-12-26-14-16-28-17-15-26/h3-4,6-11,23-24H,5,12-18H2,1-2H3. The Bertz CT molecular complexity index is 755. The molecule has 28 heavy (non-hydrogen) atoms. The first-order chi connectivity index (χ1) is 13.7. The van der Waals surface area contributed by atoms with Gasteiger partial charge in [-0.2, -0.15) is 0 Å². The van der Waals surface area contributed by atoms with Crippen LogP contribution in [-0.4, -0.2) is 63.3 Å². The van der Waals surface area contributed by atoms with Gasteiger partial charge < -0.3 is 15.0 Å². The van der Waals surface area contributed by atoms with Gasteiger partial charge in [0.15, 0.2) is 0 Å². The molecule has 1 N–H and O–H groups in total. The normalized spacial score (nSPS) is 20.4. The van der Waals surface area contributed by atoms with E-state index in [0.717, 1.165) is 45.9 Å². The smallest absolute Gasteiger partial charge is 0.106 e. The summed E-state index contributed by atoms with van der Waals surface area (Å²) in [4.78, 5) is 7.25. The maximum absolute atomic E-state index is 5.47. The van der Waals surface area contributed by atoms with Gasteiger partial charge in [0, 0.05) is 51.6 Å². The second kappa shape index (κ2) is 8.95. The van der Waals surface area contributed by atoms with Crippen molar-refractivity contribution in [1.29, 1.82) is 0 Å². The number of ether oxygens (including phenoxy) is 1. The number of morpholine rings is 1. The van der Waals surface area contributed by atoms with Crippen molar-refractivity contribution >= 4 is 11.4 Å². The van der Waals surface area contributed by atoms with E-state index in [0.29, 0.717) is 0 Å². The van der Waals surface area contributed by atoms with Crippen molar-refractivity contribution in [1.82, 2.24) is 9.80 Å². The van der Waals surface area contributed by atoms with Gasteiger partial charge >= 0.3 is 0 Å². The van der Waals surface area contributed by atoms with Crippen LogP contribution in [0.2, 0.25) is 0 Å². The van der Waals surface area contributed by atoms with Gasteiger partial charge in [-0.25, -0.2) is 0 Å². The number of hydrogen-bond acceptors (Lipinski definition) is 5. The predicted octanol–water partition coefficient (Wildman–Crippen LogP) is 3.40. The molecule has 2 aliphatic rings. The van der Waals surface area contributed by atoms with E-state index in [9.17, 15) is 0 Å². The zero-order valence-corrected chi connectivity index (χ0v) is 17.1. The Morgan fingerprint density at radius 2 is 1.75 bits per heavy atom. The molecule has 0 spiro atoms. The molecule has 150 valence electrons. The van der Waals surface area contributed by atoms with Crippen LogP contribution in [0, 0.1) is 0 Å². The summed E-state index contributed by atoms with van der Waals surface area (Å²) in [6.45, 7) is 7.10. The van der Waals surface area contributed by atoms with E-state index in [4.69, 9.17) is 4.74 Å². The molecule has 1 unspecified atom stereocenters. The summed E-state index contributed by atoms with van der Waals surface area (Å²) in [7, 11) is 4.17. The minimum Gasteiger partial charge on any atom is -0.379 e. The molecule has 2 aromatic rings. The average molecular weight is 381 g/mol. The van der Waals surface area contributed by atoms with Crippen LogP contribution >= 0.6 is 0 Å². The lowest BCUT2D eigenvalue weighted by molar-refractivity contribution is 0.0353. The van der Waals surface area contributed by atoms with Crippen LogP contribution in [0.3, 0.4) is 0 Å². The Morgan fingerprint density at radius 1 is 1.00 bits per heavy atom. The van der Waals surface area contributed by atoms with Crippen LogP contribution in [0.1, 0.15) is 23.7 Å². The first kappa shape index (κ1) is 19.2. The number of rotatable bonds is 6. The summed E-state index contributed by atoms with van der Waals surface area (Å²) in [6.07, 6.45) is 1.40. The van der Waals surface area contributed by atoms with Crippen molar-refractivity contribution < 1.29 is 4.74 Å². The van der Waals surface area contributed by atoms with Gasteiger partial charge in [-0.1, -0.05) is 30.3 Å². The molecule has 4 rings (SSSR count). The Balaban J connectivity index is 1.47. The van der Waals surface area contributed by atoms with Crippen molar-refractivity contribution in [3.63, 3.8) is 0 Å². The van der Waals surface area contributed by atoms with Gasteiger partial charge in [0.25, 0.3) is 0 Å². The van der Waals surface area contributed by atoms with Crippen LogP contribution in [0.15, 0.2) is 48.5 Å². The fourth-order valence-corrected chi connectivity index (χ4v) is 4.13. The summed E-state index contributed by atoms with van der Waals surface area (Å²) >= 11 is 0. The van der Waals surface area contributed by atoms with Crippen molar-refractivity contribution in [3.05, 3.63) is 59.7 Å². The summed E-state index contributed by atoms with van der Waals surface area (Å²) in [5, 5.41) is 3.78. The molecule has 5 heteroatoms. The second-order valence-electron chi connectivity index (χ2n) is 7.97. The van der Waals surface area contributed by atoms with Crippen LogP contribution in [0.5, 0.6) is 0 Å². The molecule has 0 aliphatic carbocycles. The Morgan fingerprint density at radius 3 is 2.50 bits per heavy atom. The number of benzene rings is 2. The molecule has 2 aliphatic heterocycles. The van der Waals surface area contributed by atoms with Gasteiger partial charge in [0.05, 0.1) is 13.2 Å². The number of nitrogens with zero attached hydrogens (tertiary/aromatic N) is 3. The predicted molar refractivity (Wildman–Crippen MR) is 116 cm³/mol. The van der Waals surface area contributed by atoms with E-state index in [2.05, 4.69) is 82.6 Å². The fraction of sp³-hybridized carbons (Fsp3) is 0.478. The quantitative estimate of drug-likeness (QED) is 0.830. The molecule has 2 aromatic carbocycles. The highest BCUT2D eigenvalue weighted by Crippen LogP contribution is 2.33. The molecule has 5 nitrogen and oxygen atoms in total. The zero-order chi connectivity index (χ0) is 19.3. The topological polar surface area (TPSA) is 31.0 Å². The van der Waals surface area contributed by atoms with E-state index in [1.165, 1.54) is 28.9 Å². The highest BCUT2D eigenvalue weighted by molar-refractivity contribution is 5.55. The number of para-hydroxylation sites is 1. The summed E-state index contributed by atoms with van der Waals surface area (Å²) < 4.78 is 5.47. The highest BCUT2D eigenvalue weighted by atomic mass is 16.5. The molecular formula is C23H32N4O. The fourth-order valence-electron chi connectivity index (χ4n) is 4.13. The molecule has 0 aromatic heterocycles. The van der Waals surface area contributed by atoms with Gasteiger partial charge in [-0.3, -0.25) is 9.80 Å². The minimum absolute atomic E-state index is 0.218. The lowest BCUT2D eigenvalue weighted by atomic mass is 10.0. The largest absolute Gasteiger partial charge is 0.379 e. The van der Waals surface area contributed by atoms with Crippen LogP contribution in [-0.2, 0) is 11.3 Å². The van der Waals surface area contributed by atoms with Gasteiger partial charge in [-0.05, 0) is 42.3 Å². The maximum atomic E-state index is 5.47. The van der Waals surface area contributed by atoms with Gasteiger partial charge in [-0.15, -0.1) is 0 Å². The third-order valence-corrected chi connectivity index (χ3v) is 5.80. The van der Waals surface area contributed by atoms with Crippen molar-refractivity contribution in [2.45, 2.75) is 19.1 Å². The minimum atomic E-state index is 0.218. The SMILES string of the molecule is CN(C)c1ccc(C2Nc3ccccc3CN2CCCN2CCOCC2)cc1. The molecule has 1 atom stereocenters. The zero-order valence-electron chi connectivity index (χ0n) is 17.1. The van der Waals surface area contributed by atoms with E-state index in [1.54, 1.807) is 0 Å². The van der Waals surface area contributed by atoms with E-state index in [-0.39, 0.29) is 6.17 Å². The van der Waals surface area contributed by atoms with Crippen LogP contribution in [0.25, 0.3) is 0 Å². The third-order valence-electron chi connectivity index (χ3n) is 5.80. The Hall–Kier alpha value is -2.08. The molecule has 0 saturated carbocycles. The molecule has 1 fully saturated rings. The monoisotopic (exact) mass is 380 g/mol. The third kappa shape index (κ3) is 4.49. The molecule has 0 bridgehead atoms. The molecular weight excluding hydrogens is 348 g/mol.